The molecule has 0 spiro atoms. The van der Waals surface area contributed by atoms with Crippen molar-refractivity contribution in [3.05, 3.63) is 147 Å². The highest BCUT2D eigenvalue weighted by Gasteiger charge is 2.56. The fourth-order valence-corrected chi connectivity index (χ4v) is 15.0. The molecular formula is C65H73BN2S. The molecule has 7 aromatic rings. The zero-order valence-corrected chi connectivity index (χ0v) is 45.3. The first-order chi connectivity index (χ1) is 32.2. The summed E-state index contributed by atoms with van der Waals surface area (Å²) in [5.74, 6) is 0. The van der Waals surface area contributed by atoms with E-state index in [1.807, 2.05) is 0 Å². The smallest absolute Gasteiger partial charge is 0.264 e. The van der Waals surface area contributed by atoms with Crippen molar-refractivity contribution in [1.82, 2.24) is 0 Å². The van der Waals surface area contributed by atoms with E-state index >= 15 is 0 Å². The van der Waals surface area contributed by atoms with E-state index in [1.165, 1.54) is 124 Å². The Kier molecular flexibility index (Phi) is 9.21. The number of thiophene rings is 1. The molecule has 1 atom stereocenters. The highest BCUT2D eigenvalue weighted by molar-refractivity contribution is 7.29. The van der Waals surface area contributed by atoms with Crippen LogP contribution in [0, 0.1) is 0 Å². The first-order valence-electron chi connectivity index (χ1n) is 26.1. The number of hydrogen-bond donors (Lipinski definition) is 0. The third kappa shape index (κ3) is 6.41. The number of benzene rings is 6. The lowest BCUT2D eigenvalue weighted by Gasteiger charge is -2.52. The number of anilines is 6. The minimum absolute atomic E-state index is 0.0273. The molecule has 4 heteroatoms. The van der Waals surface area contributed by atoms with Crippen molar-refractivity contribution in [2.24, 2.45) is 0 Å². The van der Waals surface area contributed by atoms with Crippen molar-refractivity contribution in [2.45, 2.75) is 174 Å². The molecule has 69 heavy (non-hydrogen) atoms. The fourth-order valence-electron chi connectivity index (χ4n) is 13.3. The summed E-state index contributed by atoms with van der Waals surface area (Å²) in [6.45, 7) is 39.3. The molecule has 0 fully saturated rings. The van der Waals surface area contributed by atoms with Gasteiger partial charge in [0.2, 0.25) is 0 Å². The van der Waals surface area contributed by atoms with Gasteiger partial charge in [-0.15, -0.1) is 0 Å². The van der Waals surface area contributed by atoms with Gasteiger partial charge in [0, 0.05) is 43.3 Å². The Morgan fingerprint density at radius 3 is 1.71 bits per heavy atom. The minimum Gasteiger partial charge on any atom is -0.311 e. The lowest BCUT2D eigenvalue weighted by Crippen LogP contribution is -2.61. The third-order valence-corrected chi connectivity index (χ3v) is 19.6. The zero-order valence-electron chi connectivity index (χ0n) is 44.5. The van der Waals surface area contributed by atoms with Crippen LogP contribution in [0.1, 0.15) is 180 Å². The Morgan fingerprint density at radius 2 is 1.06 bits per heavy atom. The van der Waals surface area contributed by atoms with Crippen molar-refractivity contribution < 1.29 is 0 Å². The Bertz CT molecular complexity index is 3360. The van der Waals surface area contributed by atoms with E-state index in [4.69, 9.17) is 0 Å². The van der Waals surface area contributed by atoms with Gasteiger partial charge in [-0.2, -0.15) is 11.3 Å². The molecule has 3 aliphatic heterocycles. The third-order valence-electron chi connectivity index (χ3n) is 18.0. The molecule has 0 saturated carbocycles. The van der Waals surface area contributed by atoms with Gasteiger partial charge in [0.05, 0.1) is 17.1 Å². The molecule has 2 aliphatic carbocycles. The fraction of sp³-hybridized carbons (Fsp3) is 0.415. The van der Waals surface area contributed by atoms with E-state index in [-0.39, 0.29) is 44.6 Å². The number of nitrogens with zero attached hydrogens (tertiary/aromatic N) is 2. The normalized spacial score (nSPS) is 20.3. The second-order valence-electron chi connectivity index (χ2n) is 27.3. The minimum atomic E-state index is -0.105. The Hall–Kier alpha value is -5.06. The van der Waals surface area contributed by atoms with Crippen molar-refractivity contribution in [2.75, 3.05) is 9.80 Å². The maximum atomic E-state index is 2.79. The van der Waals surface area contributed by atoms with Crippen LogP contribution >= 0.6 is 11.3 Å². The van der Waals surface area contributed by atoms with Gasteiger partial charge >= 0.3 is 0 Å². The molecule has 0 bridgehead atoms. The quantitative estimate of drug-likeness (QED) is 0.159. The second-order valence-corrected chi connectivity index (χ2v) is 28.3. The van der Waals surface area contributed by atoms with Gasteiger partial charge in [-0.1, -0.05) is 171 Å². The molecule has 0 amide bonds. The van der Waals surface area contributed by atoms with Crippen LogP contribution in [0.15, 0.2) is 103 Å². The number of hydrogen-bond acceptors (Lipinski definition) is 3. The van der Waals surface area contributed by atoms with Crippen molar-refractivity contribution in [1.29, 1.82) is 0 Å². The Balaban J connectivity index is 1.25. The van der Waals surface area contributed by atoms with Crippen LogP contribution in [-0.4, -0.2) is 6.71 Å². The standard InChI is InChI=1S/C65H73BN2S/c1-59(2,3)41-23-25-49(44(32-41)40-22-21-38-19-17-18-20-39(38)31-40)67-51-37-46-45(62(10,11)27-28-63(46,12)13)36-48(51)66-55-52(67)34-43(61(7,8)9)35-53(55)68-50-26-24-42(60(4,5)6)33-47(50)65(16)30-29-64(14,15)57-54(65)56(68)58(66)69-57/h17-26,31-37H,27-30H2,1-16H3. The van der Waals surface area contributed by atoms with Gasteiger partial charge in [0.1, 0.15) is 0 Å². The van der Waals surface area contributed by atoms with Crippen LogP contribution in [-0.2, 0) is 37.9 Å². The monoisotopic (exact) mass is 925 g/mol. The summed E-state index contributed by atoms with van der Waals surface area (Å²) in [4.78, 5) is 7.15. The lowest BCUT2D eigenvalue weighted by molar-refractivity contribution is 0.332. The van der Waals surface area contributed by atoms with E-state index in [0.717, 1.165) is 6.42 Å². The van der Waals surface area contributed by atoms with E-state index in [2.05, 4.69) is 235 Å². The van der Waals surface area contributed by atoms with E-state index in [9.17, 15) is 0 Å². The van der Waals surface area contributed by atoms with Gasteiger partial charge in [0.25, 0.3) is 6.71 Å². The van der Waals surface area contributed by atoms with Crippen LogP contribution in [0.5, 0.6) is 0 Å². The van der Waals surface area contributed by atoms with Gasteiger partial charge < -0.3 is 9.80 Å². The van der Waals surface area contributed by atoms with Gasteiger partial charge in [-0.05, 0) is 161 Å². The summed E-state index contributed by atoms with van der Waals surface area (Å²) in [5, 5.41) is 2.54. The van der Waals surface area contributed by atoms with E-state index in [0.29, 0.717) is 0 Å². The van der Waals surface area contributed by atoms with Crippen LogP contribution in [0.25, 0.3) is 21.9 Å². The van der Waals surface area contributed by atoms with Gasteiger partial charge in [-0.25, -0.2) is 0 Å². The predicted octanol–water partition coefficient (Wildman–Crippen LogP) is 16.6. The summed E-state index contributed by atoms with van der Waals surface area (Å²) in [5.41, 5.74) is 23.9. The summed E-state index contributed by atoms with van der Waals surface area (Å²) in [6.07, 6.45) is 4.69. The highest BCUT2D eigenvalue weighted by atomic mass is 32.1. The largest absolute Gasteiger partial charge is 0.311 e. The molecule has 4 heterocycles. The average molecular weight is 925 g/mol. The van der Waals surface area contributed by atoms with Crippen molar-refractivity contribution >= 4 is 78.6 Å². The molecule has 1 unspecified atom stereocenters. The maximum absolute atomic E-state index is 2.79. The zero-order chi connectivity index (χ0) is 48.9. The molecule has 5 aliphatic rings. The molecule has 352 valence electrons. The van der Waals surface area contributed by atoms with Crippen molar-refractivity contribution in [3.8, 4) is 11.1 Å². The van der Waals surface area contributed by atoms with Crippen LogP contribution in [0.4, 0.5) is 34.1 Å². The Morgan fingerprint density at radius 1 is 0.478 bits per heavy atom. The molecule has 0 radical (unpaired) electrons. The molecule has 6 aromatic carbocycles. The summed E-state index contributed by atoms with van der Waals surface area (Å²) in [7, 11) is 0. The van der Waals surface area contributed by atoms with Gasteiger partial charge in [0.15, 0.2) is 0 Å². The summed E-state index contributed by atoms with van der Waals surface area (Å²) >= 11 is 2.16. The molecule has 12 rings (SSSR count). The predicted molar refractivity (Wildman–Crippen MR) is 301 cm³/mol. The van der Waals surface area contributed by atoms with E-state index < -0.39 is 0 Å². The molecule has 0 saturated heterocycles. The summed E-state index contributed by atoms with van der Waals surface area (Å²) in [6, 6.07) is 41.7. The molecule has 1 aromatic heterocycles. The van der Waals surface area contributed by atoms with E-state index in [1.54, 1.807) is 10.4 Å². The van der Waals surface area contributed by atoms with Crippen LogP contribution < -0.4 is 25.5 Å². The molecule has 0 N–H and O–H groups in total. The second kappa shape index (κ2) is 14.1. The van der Waals surface area contributed by atoms with Crippen molar-refractivity contribution in [3.63, 3.8) is 0 Å². The maximum Gasteiger partial charge on any atom is 0.264 e. The molecule has 2 nitrogen and oxygen atoms in total. The lowest BCUT2D eigenvalue weighted by atomic mass is 9.35. The first-order valence-corrected chi connectivity index (χ1v) is 26.9. The Labute approximate surface area is 418 Å². The number of fused-ring (bicyclic) bond motifs is 9. The number of rotatable bonds is 2. The topological polar surface area (TPSA) is 6.48 Å². The SMILES string of the molecule is CC(C)(C)c1ccc(N2c3cc4c(cc3B3c5sc6c7c5N(c5ccc(C(C)(C)C)cc5C7(C)CCC6(C)C)c5cc(C(C)(C)C)cc2c53)C(C)(C)CCC4(C)C)c(-c2ccc3ccccc3c2)c1. The van der Waals surface area contributed by atoms with Crippen LogP contribution in [0.3, 0.4) is 0 Å². The van der Waals surface area contributed by atoms with Crippen LogP contribution in [0.2, 0.25) is 0 Å². The molecular weight excluding hydrogens is 852 g/mol. The highest BCUT2D eigenvalue weighted by Crippen LogP contribution is 2.63. The average Bonchev–Trinajstić information content (AvgIpc) is 3.70. The summed E-state index contributed by atoms with van der Waals surface area (Å²) < 4.78 is 1.54. The first kappa shape index (κ1) is 45.1. The van der Waals surface area contributed by atoms with Gasteiger partial charge in [-0.3, -0.25) is 0 Å².